The Balaban J connectivity index is 1.66. The van der Waals surface area contributed by atoms with Crippen LogP contribution in [0, 0.1) is 0 Å². The van der Waals surface area contributed by atoms with Crippen molar-refractivity contribution in [2.45, 2.75) is 38.2 Å². The van der Waals surface area contributed by atoms with Gasteiger partial charge in [0.25, 0.3) is 0 Å². The number of carbonyl (C=O) groups is 1. The first kappa shape index (κ1) is 16.0. The quantitative estimate of drug-likeness (QED) is 0.839. The number of likely N-dealkylation sites (tertiary alicyclic amines) is 1. The van der Waals surface area contributed by atoms with Crippen LogP contribution in [0.3, 0.4) is 0 Å². The van der Waals surface area contributed by atoms with Crippen LogP contribution in [0.15, 0.2) is 30.3 Å². The molecule has 1 saturated heterocycles. The van der Waals surface area contributed by atoms with Gasteiger partial charge in [-0.3, -0.25) is 0 Å². The Morgan fingerprint density at radius 1 is 1.33 bits per heavy atom. The van der Waals surface area contributed by atoms with Gasteiger partial charge in [0.2, 0.25) is 0 Å². The van der Waals surface area contributed by atoms with Gasteiger partial charge < -0.3 is 14.7 Å². The molecular formula is C17H25NO3. The summed E-state index contributed by atoms with van der Waals surface area (Å²) >= 11 is 0. The number of carboxylic acids is 1. The van der Waals surface area contributed by atoms with E-state index in [9.17, 15) is 4.79 Å². The minimum atomic E-state index is -0.880. The van der Waals surface area contributed by atoms with Crippen molar-refractivity contribution in [2.24, 2.45) is 0 Å². The second-order valence-corrected chi connectivity index (χ2v) is 5.85. The topological polar surface area (TPSA) is 49.8 Å². The predicted molar refractivity (Wildman–Crippen MR) is 82.5 cm³/mol. The molecule has 1 aromatic carbocycles. The number of carboxylic acid groups (broad SMARTS) is 1. The molecule has 0 spiro atoms. The van der Waals surface area contributed by atoms with Gasteiger partial charge in [-0.1, -0.05) is 37.3 Å². The zero-order valence-corrected chi connectivity index (χ0v) is 12.7. The number of rotatable bonds is 7. The van der Waals surface area contributed by atoms with E-state index >= 15 is 0 Å². The Kier molecular flexibility index (Phi) is 6.21. The van der Waals surface area contributed by atoms with Gasteiger partial charge in [-0.15, -0.1) is 0 Å². The highest BCUT2D eigenvalue weighted by atomic mass is 16.5. The van der Waals surface area contributed by atoms with Crippen LogP contribution in [0.4, 0.5) is 0 Å². The van der Waals surface area contributed by atoms with Crippen molar-refractivity contribution in [2.75, 3.05) is 26.2 Å². The van der Waals surface area contributed by atoms with E-state index in [1.807, 2.05) is 0 Å². The van der Waals surface area contributed by atoms with E-state index in [2.05, 4.69) is 42.2 Å². The average Bonchev–Trinajstić information content (AvgIpc) is 2.52. The van der Waals surface area contributed by atoms with Crippen LogP contribution in [0.1, 0.15) is 37.7 Å². The monoisotopic (exact) mass is 291 g/mol. The first-order chi connectivity index (χ1) is 10.1. The van der Waals surface area contributed by atoms with Crippen LogP contribution in [-0.4, -0.2) is 48.3 Å². The van der Waals surface area contributed by atoms with Crippen molar-refractivity contribution >= 4 is 5.97 Å². The van der Waals surface area contributed by atoms with E-state index in [-0.39, 0.29) is 12.7 Å². The van der Waals surface area contributed by atoms with E-state index in [0.29, 0.717) is 5.92 Å². The molecule has 21 heavy (non-hydrogen) atoms. The molecule has 1 aromatic rings. The molecule has 1 heterocycles. The van der Waals surface area contributed by atoms with Gasteiger partial charge in [0.1, 0.15) is 6.61 Å². The SMILES string of the molecule is CC(CCN1CCC(OCC(=O)O)CC1)c1ccccc1. The fourth-order valence-electron chi connectivity index (χ4n) is 2.81. The minimum Gasteiger partial charge on any atom is -0.480 e. The maximum atomic E-state index is 10.5. The van der Waals surface area contributed by atoms with Gasteiger partial charge in [-0.2, -0.15) is 0 Å². The molecule has 1 aliphatic rings. The van der Waals surface area contributed by atoms with E-state index in [4.69, 9.17) is 9.84 Å². The zero-order valence-electron chi connectivity index (χ0n) is 12.7. The number of hydrogen-bond acceptors (Lipinski definition) is 3. The molecule has 0 aromatic heterocycles. The maximum Gasteiger partial charge on any atom is 0.329 e. The number of ether oxygens (including phenoxy) is 1. The van der Waals surface area contributed by atoms with Crippen molar-refractivity contribution in [1.29, 1.82) is 0 Å². The molecule has 1 aliphatic heterocycles. The van der Waals surface area contributed by atoms with Gasteiger partial charge in [-0.05, 0) is 37.3 Å². The summed E-state index contributed by atoms with van der Waals surface area (Å²) in [5.41, 5.74) is 1.40. The molecule has 0 radical (unpaired) electrons. The standard InChI is InChI=1S/C17H25NO3/c1-14(15-5-3-2-4-6-15)7-10-18-11-8-16(9-12-18)21-13-17(19)20/h2-6,14,16H,7-13H2,1H3,(H,19,20). The summed E-state index contributed by atoms with van der Waals surface area (Å²) in [5.74, 6) is -0.304. The van der Waals surface area contributed by atoms with Crippen molar-refractivity contribution in [3.63, 3.8) is 0 Å². The number of hydrogen-bond donors (Lipinski definition) is 1. The van der Waals surface area contributed by atoms with Crippen LogP contribution in [0.25, 0.3) is 0 Å². The molecule has 2 rings (SSSR count). The summed E-state index contributed by atoms with van der Waals surface area (Å²) in [6, 6.07) is 10.6. The fraction of sp³-hybridized carbons (Fsp3) is 0.588. The van der Waals surface area contributed by atoms with E-state index in [0.717, 1.165) is 38.9 Å². The van der Waals surface area contributed by atoms with Gasteiger partial charge in [-0.25, -0.2) is 4.79 Å². The number of piperidine rings is 1. The van der Waals surface area contributed by atoms with Crippen LogP contribution >= 0.6 is 0 Å². The smallest absolute Gasteiger partial charge is 0.329 e. The average molecular weight is 291 g/mol. The Morgan fingerprint density at radius 3 is 2.62 bits per heavy atom. The Morgan fingerprint density at radius 2 is 2.00 bits per heavy atom. The molecule has 4 heteroatoms. The molecule has 116 valence electrons. The fourth-order valence-corrected chi connectivity index (χ4v) is 2.81. The Hall–Kier alpha value is -1.39. The van der Waals surface area contributed by atoms with Crippen LogP contribution in [0.5, 0.6) is 0 Å². The van der Waals surface area contributed by atoms with E-state index in [1.54, 1.807) is 0 Å². The number of aliphatic carboxylic acids is 1. The summed E-state index contributed by atoms with van der Waals surface area (Å²) in [6.45, 7) is 5.22. The first-order valence-corrected chi connectivity index (χ1v) is 7.76. The molecular weight excluding hydrogens is 266 g/mol. The van der Waals surface area contributed by atoms with Crippen LogP contribution < -0.4 is 0 Å². The highest BCUT2D eigenvalue weighted by Crippen LogP contribution is 2.20. The normalized spacial score (nSPS) is 18.5. The zero-order chi connectivity index (χ0) is 15.1. The van der Waals surface area contributed by atoms with Crippen molar-refractivity contribution in [1.82, 2.24) is 4.90 Å². The third-order valence-corrected chi connectivity index (χ3v) is 4.22. The third kappa shape index (κ3) is 5.48. The lowest BCUT2D eigenvalue weighted by Crippen LogP contribution is -2.38. The third-order valence-electron chi connectivity index (χ3n) is 4.22. The lowest BCUT2D eigenvalue weighted by atomic mass is 9.97. The van der Waals surface area contributed by atoms with Gasteiger partial charge in [0.05, 0.1) is 6.10 Å². The minimum absolute atomic E-state index is 0.115. The largest absolute Gasteiger partial charge is 0.480 e. The molecule has 0 saturated carbocycles. The molecule has 1 atom stereocenters. The summed E-state index contributed by atoms with van der Waals surface area (Å²) in [6.07, 6.45) is 3.15. The van der Waals surface area contributed by atoms with Gasteiger partial charge in [0, 0.05) is 13.1 Å². The molecule has 1 N–H and O–H groups in total. The summed E-state index contributed by atoms with van der Waals surface area (Å²) in [5, 5.41) is 8.61. The number of benzene rings is 1. The maximum absolute atomic E-state index is 10.5. The van der Waals surface area contributed by atoms with Gasteiger partial charge >= 0.3 is 5.97 Å². The van der Waals surface area contributed by atoms with E-state index in [1.165, 1.54) is 5.56 Å². The molecule has 4 nitrogen and oxygen atoms in total. The van der Waals surface area contributed by atoms with Crippen molar-refractivity contribution < 1.29 is 14.6 Å². The Bertz CT molecular complexity index is 427. The first-order valence-electron chi connectivity index (χ1n) is 7.76. The predicted octanol–water partition coefficient (Wildman–Crippen LogP) is 2.75. The molecule has 0 amide bonds. The summed E-state index contributed by atoms with van der Waals surface area (Å²) in [4.78, 5) is 12.9. The van der Waals surface area contributed by atoms with Gasteiger partial charge in [0.15, 0.2) is 0 Å². The van der Waals surface area contributed by atoms with E-state index < -0.39 is 5.97 Å². The summed E-state index contributed by atoms with van der Waals surface area (Å²) < 4.78 is 5.36. The molecule has 0 aliphatic carbocycles. The second-order valence-electron chi connectivity index (χ2n) is 5.85. The van der Waals surface area contributed by atoms with Crippen LogP contribution in [-0.2, 0) is 9.53 Å². The Labute approximate surface area is 126 Å². The highest BCUT2D eigenvalue weighted by molar-refractivity contribution is 5.68. The second kappa shape index (κ2) is 8.15. The lowest BCUT2D eigenvalue weighted by molar-refractivity contribution is -0.145. The molecule has 0 bridgehead atoms. The lowest BCUT2D eigenvalue weighted by Gasteiger charge is -2.32. The highest BCUT2D eigenvalue weighted by Gasteiger charge is 2.20. The molecule has 1 unspecified atom stereocenters. The van der Waals surface area contributed by atoms with Crippen molar-refractivity contribution in [3.05, 3.63) is 35.9 Å². The van der Waals surface area contributed by atoms with Crippen LogP contribution in [0.2, 0.25) is 0 Å². The molecule has 1 fully saturated rings. The summed E-state index contributed by atoms with van der Waals surface area (Å²) in [7, 11) is 0. The number of nitrogens with zero attached hydrogens (tertiary/aromatic N) is 1. The van der Waals surface area contributed by atoms with Crippen molar-refractivity contribution in [3.8, 4) is 0 Å².